The maximum absolute atomic E-state index is 14.3. The molecule has 2 fully saturated rings. The van der Waals surface area contributed by atoms with Crippen molar-refractivity contribution < 1.29 is 36.6 Å². The van der Waals surface area contributed by atoms with Crippen LogP contribution in [-0.4, -0.2) is 57.3 Å². The van der Waals surface area contributed by atoms with Crippen LogP contribution in [0.2, 0.25) is 0 Å². The van der Waals surface area contributed by atoms with Crippen LogP contribution < -0.4 is 9.46 Å². The quantitative estimate of drug-likeness (QED) is 0.466. The van der Waals surface area contributed by atoms with Crippen LogP contribution in [0.25, 0.3) is 6.08 Å². The average Bonchev–Trinajstić information content (AvgIpc) is 3.53. The van der Waals surface area contributed by atoms with Gasteiger partial charge in [0, 0.05) is 12.5 Å². The largest absolute Gasteiger partial charge is 0.492 e. The highest BCUT2D eigenvalue weighted by molar-refractivity contribution is 7.92. The van der Waals surface area contributed by atoms with Gasteiger partial charge in [-0.05, 0) is 81.3 Å². The third-order valence-electron chi connectivity index (χ3n) is 7.27. The number of sulfonamides is 1. The fourth-order valence-electron chi connectivity index (χ4n) is 5.29. The van der Waals surface area contributed by atoms with Crippen LogP contribution in [0.4, 0.5) is 14.9 Å². The summed E-state index contributed by atoms with van der Waals surface area (Å²) in [6.07, 6.45) is 5.08. The normalized spacial score (nSPS) is 21.8. The Morgan fingerprint density at radius 1 is 1.20 bits per heavy atom. The molecule has 0 unspecified atom stereocenters. The first kappa shape index (κ1) is 27.9. The number of nitrogens with one attached hydrogen (secondary N) is 1. The van der Waals surface area contributed by atoms with Crippen molar-refractivity contribution in [1.29, 1.82) is 0 Å². The number of rotatable bonds is 6. The molecule has 1 aliphatic carbocycles. The van der Waals surface area contributed by atoms with Gasteiger partial charge in [0.2, 0.25) is 0 Å². The minimum absolute atomic E-state index is 0.00656. The lowest BCUT2D eigenvalue weighted by Crippen LogP contribution is -2.39. The number of ether oxygens (including phenoxy) is 3. The second-order valence-electron chi connectivity index (χ2n) is 11.3. The van der Waals surface area contributed by atoms with E-state index in [2.05, 4.69) is 4.72 Å². The Morgan fingerprint density at radius 2 is 1.98 bits per heavy atom. The Morgan fingerprint density at radius 3 is 2.70 bits per heavy atom. The Hall–Kier alpha value is -3.60. The number of esters is 1. The number of anilines is 1. The van der Waals surface area contributed by atoms with Gasteiger partial charge in [0.05, 0.1) is 30.3 Å². The fraction of sp³-hybridized carbons (Fsp3) is 0.448. The highest BCUT2D eigenvalue weighted by Gasteiger charge is 2.45. The number of fused-ring (bicyclic) bond motifs is 3. The minimum Gasteiger partial charge on any atom is -0.492 e. The van der Waals surface area contributed by atoms with Crippen molar-refractivity contribution in [3.8, 4) is 5.75 Å². The molecule has 1 N–H and O–H groups in total. The molecule has 2 aromatic rings. The maximum Gasteiger partial charge on any atom is 0.410 e. The van der Waals surface area contributed by atoms with E-state index in [0.717, 1.165) is 30.5 Å². The van der Waals surface area contributed by atoms with Gasteiger partial charge in [-0.1, -0.05) is 18.2 Å². The van der Waals surface area contributed by atoms with Gasteiger partial charge in [0.15, 0.2) is 0 Å². The van der Waals surface area contributed by atoms with Crippen LogP contribution in [0.5, 0.6) is 5.75 Å². The summed E-state index contributed by atoms with van der Waals surface area (Å²) in [7, 11) is -3.07. The number of carbonyl (C=O) groups is 2. The fourth-order valence-corrected chi connectivity index (χ4v) is 6.54. The van der Waals surface area contributed by atoms with E-state index in [1.807, 2.05) is 0 Å². The zero-order valence-corrected chi connectivity index (χ0v) is 23.7. The molecule has 1 saturated carbocycles. The molecule has 1 saturated heterocycles. The molecule has 2 heterocycles. The first-order chi connectivity index (χ1) is 18.9. The number of methoxy groups -OCH3 is 1. The molecular formula is C29H33FN2O7S. The van der Waals surface area contributed by atoms with Crippen molar-refractivity contribution in [1.82, 2.24) is 4.90 Å². The van der Waals surface area contributed by atoms with Crippen LogP contribution in [0.3, 0.4) is 0 Å². The molecule has 3 atom stereocenters. The second kappa shape index (κ2) is 10.4. The van der Waals surface area contributed by atoms with Gasteiger partial charge in [-0.15, -0.1) is 0 Å². The van der Waals surface area contributed by atoms with E-state index >= 15 is 0 Å². The van der Waals surface area contributed by atoms with Crippen molar-refractivity contribution in [2.75, 3.05) is 25.0 Å². The number of benzene rings is 2. The van der Waals surface area contributed by atoms with Gasteiger partial charge in [-0.2, -0.15) is 0 Å². The van der Waals surface area contributed by atoms with Crippen LogP contribution in [0, 0.1) is 11.7 Å². The number of likely N-dealkylation sites (tertiary alicyclic amines) is 1. The van der Waals surface area contributed by atoms with E-state index in [0.29, 0.717) is 31.2 Å². The second-order valence-corrected chi connectivity index (χ2v) is 13.0. The Labute approximate surface area is 233 Å². The van der Waals surface area contributed by atoms with E-state index in [4.69, 9.17) is 14.2 Å². The number of nitrogens with zero attached hydrogens (tertiary/aromatic N) is 1. The van der Waals surface area contributed by atoms with Crippen molar-refractivity contribution in [2.45, 2.75) is 62.5 Å². The van der Waals surface area contributed by atoms with Gasteiger partial charge >= 0.3 is 12.1 Å². The molecule has 2 aliphatic heterocycles. The van der Waals surface area contributed by atoms with Crippen LogP contribution in [0.15, 0.2) is 41.3 Å². The maximum atomic E-state index is 14.3. The first-order valence-corrected chi connectivity index (χ1v) is 14.7. The highest BCUT2D eigenvalue weighted by Crippen LogP contribution is 2.55. The number of hydrogen-bond donors (Lipinski definition) is 1. The molecule has 1 amide bonds. The predicted octanol–water partition coefficient (Wildman–Crippen LogP) is 5.32. The molecule has 40 heavy (non-hydrogen) atoms. The van der Waals surface area contributed by atoms with Crippen molar-refractivity contribution in [3.63, 3.8) is 0 Å². The monoisotopic (exact) mass is 572 g/mol. The Balaban J connectivity index is 1.45. The molecule has 0 bridgehead atoms. The van der Waals surface area contributed by atoms with E-state index in [-0.39, 0.29) is 33.7 Å². The standard InChI is InChI=1S/C29H33FN2O7S/c1-29(2,3)39-28(34)32-13-5-6-20(32)9-7-17-14-19(30)8-12-24(17)40(35,36)31-23-11-10-21-22-15-18(22)16-38-26(21)25(23)27(33)37-4/h7-12,14,18,20,22,31H,5-6,13,15-16H2,1-4H3/t18-,20-,22-/m0/s1. The van der Waals surface area contributed by atoms with Crippen molar-refractivity contribution >= 4 is 33.8 Å². The van der Waals surface area contributed by atoms with Crippen LogP contribution in [0.1, 0.15) is 67.4 Å². The van der Waals surface area contributed by atoms with Gasteiger partial charge in [-0.25, -0.2) is 22.4 Å². The van der Waals surface area contributed by atoms with E-state index in [1.54, 1.807) is 37.8 Å². The van der Waals surface area contributed by atoms with Crippen LogP contribution >= 0.6 is 0 Å². The van der Waals surface area contributed by atoms with Gasteiger partial charge in [0.1, 0.15) is 22.7 Å². The van der Waals surface area contributed by atoms with E-state index < -0.39 is 33.5 Å². The number of hydrogen-bond acceptors (Lipinski definition) is 7. The molecule has 214 valence electrons. The molecule has 2 aromatic carbocycles. The predicted molar refractivity (Wildman–Crippen MR) is 146 cm³/mol. The molecule has 5 rings (SSSR count). The molecular weight excluding hydrogens is 539 g/mol. The smallest absolute Gasteiger partial charge is 0.410 e. The number of amides is 1. The summed E-state index contributed by atoms with van der Waals surface area (Å²) in [5.74, 6) is -0.335. The lowest BCUT2D eigenvalue weighted by molar-refractivity contribution is 0.0256. The topological polar surface area (TPSA) is 111 Å². The van der Waals surface area contributed by atoms with Gasteiger partial charge in [0.25, 0.3) is 10.0 Å². The summed E-state index contributed by atoms with van der Waals surface area (Å²) < 4.78 is 60.3. The molecule has 0 radical (unpaired) electrons. The van der Waals surface area contributed by atoms with Crippen LogP contribution in [-0.2, 0) is 19.5 Å². The van der Waals surface area contributed by atoms with E-state index in [9.17, 15) is 22.4 Å². The summed E-state index contributed by atoms with van der Waals surface area (Å²) in [4.78, 5) is 26.8. The third kappa shape index (κ3) is 5.65. The summed E-state index contributed by atoms with van der Waals surface area (Å²) in [6, 6.07) is 6.29. The first-order valence-electron chi connectivity index (χ1n) is 13.3. The molecule has 3 aliphatic rings. The molecule has 9 nitrogen and oxygen atoms in total. The van der Waals surface area contributed by atoms with E-state index in [1.165, 1.54) is 25.3 Å². The lowest BCUT2D eigenvalue weighted by Gasteiger charge is -2.27. The minimum atomic E-state index is -4.29. The lowest BCUT2D eigenvalue weighted by atomic mass is 10.0. The molecule has 0 aromatic heterocycles. The van der Waals surface area contributed by atoms with Gasteiger partial charge < -0.3 is 19.1 Å². The van der Waals surface area contributed by atoms with Crippen molar-refractivity contribution in [2.24, 2.45) is 5.92 Å². The average molecular weight is 573 g/mol. The Kier molecular flexibility index (Phi) is 7.28. The number of carbonyl (C=O) groups excluding carboxylic acids is 2. The summed E-state index contributed by atoms with van der Waals surface area (Å²) in [5, 5.41) is 0. The number of halogens is 1. The zero-order chi connectivity index (χ0) is 28.8. The summed E-state index contributed by atoms with van der Waals surface area (Å²) >= 11 is 0. The summed E-state index contributed by atoms with van der Waals surface area (Å²) in [5.41, 5.74) is 0.311. The Bertz CT molecular complexity index is 1480. The SMILES string of the molecule is COC(=O)c1c(NS(=O)(=O)c2ccc(F)cc2C=C[C@@H]2CCCN2C(=O)OC(C)(C)C)ccc2c1OC[C@@H]1C[C@H]21. The molecule has 11 heteroatoms. The summed E-state index contributed by atoms with van der Waals surface area (Å²) in [6.45, 7) is 6.30. The zero-order valence-electron chi connectivity index (χ0n) is 22.9. The third-order valence-corrected chi connectivity index (χ3v) is 8.71. The van der Waals surface area contributed by atoms with Crippen molar-refractivity contribution in [3.05, 3.63) is 58.9 Å². The molecule has 0 spiro atoms. The highest BCUT2D eigenvalue weighted by atomic mass is 32.2. The van der Waals surface area contributed by atoms with Gasteiger partial charge in [-0.3, -0.25) is 4.72 Å².